The smallest absolute Gasteiger partial charge is 0.319 e. The summed E-state index contributed by atoms with van der Waals surface area (Å²) >= 11 is 0. The van der Waals surface area contributed by atoms with Crippen LogP contribution in [0.3, 0.4) is 0 Å². The Hall–Kier alpha value is -1.78. The molecule has 2 amide bonds. The van der Waals surface area contributed by atoms with Gasteiger partial charge in [-0.2, -0.15) is 5.10 Å². The maximum Gasteiger partial charge on any atom is 0.320 e. The normalized spacial score (nSPS) is 24.0. The zero-order chi connectivity index (χ0) is 11.3. The first-order valence-electron chi connectivity index (χ1n) is 5.39. The molecule has 84 valence electrons. The van der Waals surface area contributed by atoms with Crippen LogP contribution < -0.4 is 0 Å². The number of likely N-dealkylation sites (N-methyl/N-ethyl adjacent to an activating group) is 1. The van der Waals surface area contributed by atoms with Gasteiger partial charge in [-0.25, -0.2) is 9.48 Å². The zero-order valence-corrected chi connectivity index (χ0v) is 9.42. The topological polar surface area (TPSA) is 41.4 Å². The first-order valence-corrected chi connectivity index (χ1v) is 5.39. The summed E-state index contributed by atoms with van der Waals surface area (Å²) in [5, 5.41) is 4.28. The highest BCUT2D eigenvalue weighted by Gasteiger charge is 2.37. The number of aromatic nitrogens is 2. The highest BCUT2D eigenvalue weighted by molar-refractivity contribution is 5.80. The number of rotatable bonds is 1. The molecule has 1 fully saturated rings. The molecule has 1 aromatic rings. The number of nitrogens with zero attached hydrogens (tertiary/aromatic N) is 4. The summed E-state index contributed by atoms with van der Waals surface area (Å²) in [4.78, 5) is 15.4. The maximum absolute atomic E-state index is 11.8. The molecule has 2 aliphatic rings. The van der Waals surface area contributed by atoms with Crippen molar-refractivity contribution in [2.75, 3.05) is 20.1 Å². The molecule has 0 radical (unpaired) electrons. The number of carbonyl (C=O) groups excluding carboxylic acids is 1. The van der Waals surface area contributed by atoms with Crippen LogP contribution in [0.15, 0.2) is 18.5 Å². The number of hydrogen-bond donors (Lipinski definition) is 0. The average molecular weight is 218 g/mol. The van der Waals surface area contributed by atoms with Crippen molar-refractivity contribution < 1.29 is 4.79 Å². The van der Waals surface area contributed by atoms with Crippen molar-refractivity contribution in [2.24, 2.45) is 0 Å². The summed E-state index contributed by atoms with van der Waals surface area (Å²) in [6.45, 7) is 3.47. The lowest BCUT2D eigenvalue weighted by molar-refractivity contribution is 0.201. The van der Waals surface area contributed by atoms with Crippen LogP contribution >= 0.6 is 0 Å². The molecule has 5 heteroatoms. The van der Waals surface area contributed by atoms with Gasteiger partial charge in [0.05, 0.1) is 24.5 Å². The molecule has 5 nitrogen and oxygen atoms in total. The van der Waals surface area contributed by atoms with Crippen molar-refractivity contribution in [3.63, 3.8) is 0 Å². The maximum atomic E-state index is 11.8. The fourth-order valence-electron chi connectivity index (χ4n) is 2.28. The molecule has 0 saturated carbocycles. The van der Waals surface area contributed by atoms with Crippen molar-refractivity contribution in [3.8, 4) is 0 Å². The highest BCUT2D eigenvalue weighted by atomic mass is 16.2. The van der Waals surface area contributed by atoms with E-state index >= 15 is 0 Å². The van der Waals surface area contributed by atoms with Gasteiger partial charge in [-0.3, -0.25) is 0 Å². The van der Waals surface area contributed by atoms with Crippen LogP contribution in [0.4, 0.5) is 4.79 Å². The Balaban J connectivity index is 1.95. The lowest BCUT2D eigenvalue weighted by Crippen LogP contribution is -2.31. The third-order valence-corrected chi connectivity index (χ3v) is 3.22. The van der Waals surface area contributed by atoms with Crippen molar-refractivity contribution in [2.45, 2.75) is 13.0 Å². The number of carbonyl (C=O) groups is 1. The second-order valence-electron chi connectivity index (χ2n) is 4.46. The summed E-state index contributed by atoms with van der Waals surface area (Å²) in [5.74, 6) is 0. The first kappa shape index (κ1) is 9.45. The summed E-state index contributed by atoms with van der Waals surface area (Å²) < 4.78 is 1.86. The number of amides is 2. The molecule has 1 saturated heterocycles. The fourth-order valence-corrected chi connectivity index (χ4v) is 2.28. The third-order valence-electron chi connectivity index (χ3n) is 3.22. The van der Waals surface area contributed by atoms with E-state index in [1.54, 1.807) is 4.90 Å². The summed E-state index contributed by atoms with van der Waals surface area (Å²) in [7, 11) is 1.85. The second-order valence-corrected chi connectivity index (χ2v) is 4.46. The van der Waals surface area contributed by atoms with Crippen LogP contribution in [-0.2, 0) is 0 Å². The summed E-state index contributed by atoms with van der Waals surface area (Å²) in [5.41, 5.74) is 2.22. The Kier molecular flexibility index (Phi) is 1.83. The van der Waals surface area contributed by atoms with Gasteiger partial charge in [-0.1, -0.05) is 0 Å². The molecule has 1 aromatic heterocycles. The summed E-state index contributed by atoms with van der Waals surface area (Å²) in [6, 6.07) is 0.306. The lowest BCUT2D eigenvalue weighted by atomic mass is 10.2. The van der Waals surface area contributed by atoms with Gasteiger partial charge >= 0.3 is 6.03 Å². The Morgan fingerprint density at radius 2 is 2.31 bits per heavy atom. The fraction of sp³-hybridized carbons (Fsp3) is 0.455. The van der Waals surface area contributed by atoms with E-state index in [1.807, 2.05) is 35.9 Å². The van der Waals surface area contributed by atoms with E-state index in [4.69, 9.17) is 0 Å². The van der Waals surface area contributed by atoms with E-state index in [1.165, 1.54) is 0 Å². The first-order chi connectivity index (χ1) is 7.65. The molecule has 0 N–H and O–H groups in total. The van der Waals surface area contributed by atoms with Crippen LogP contribution in [0, 0.1) is 6.92 Å². The third kappa shape index (κ3) is 1.24. The highest BCUT2D eigenvalue weighted by Crippen LogP contribution is 2.24. The Labute approximate surface area is 93.9 Å². The average Bonchev–Trinajstić information content (AvgIpc) is 2.79. The number of fused-ring (bicyclic) bond motifs is 2. The molecular weight excluding hydrogens is 204 g/mol. The quantitative estimate of drug-likeness (QED) is 0.699. The van der Waals surface area contributed by atoms with Gasteiger partial charge in [0.15, 0.2) is 0 Å². The minimum Gasteiger partial charge on any atom is -0.319 e. The molecule has 0 aliphatic carbocycles. The van der Waals surface area contributed by atoms with Crippen LogP contribution in [0.5, 0.6) is 0 Å². The molecule has 1 atom stereocenters. The standard InChI is InChI=1S/C11H14N4O/c1-8-4-12-15(5-8)10-3-9-6-14(7-10)11(16)13(9)2/h3-5,9H,6-7H2,1-2H3. The van der Waals surface area contributed by atoms with Gasteiger partial charge in [-0.05, 0) is 18.6 Å². The van der Waals surface area contributed by atoms with Crippen LogP contribution in [-0.4, -0.2) is 51.8 Å². The Bertz CT molecular complexity index is 476. The molecule has 0 aromatic carbocycles. The van der Waals surface area contributed by atoms with Gasteiger partial charge in [0, 0.05) is 19.8 Å². The van der Waals surface area contributed by atoms with Crippen LogP contribution in [0.25, 0.3) is 5.70 Å². The number of urea groups is 1. The van der Waals surface area contributed by atoms with Gasteiger partial charge in [0.2, 0.25) is 0 Å². The monoisotopic (exact) mass is 218 g/mol. The van der Waals surface area contributed by atoms with Crippen LogP contribution in [0.2, 0.25) is 0 Å². The molecule has 2 aliphatic heterocycles. The van der Waals surface area contributed by atoms with Gasteiger partial charge in [0.25, 0.3) is 0 Å². The van der Waals surface area contributed by atoms with E-state index < -0.39 is 0 Å². The minimum absolute atomic E-state index is 0.111. The SMILES string of the molecule is Cc1cnn(C2=CC3CN(C2)C(=O)N3C)c1. The predicted molar refractivity (Wildman–Crippen MR) is 59.8 cm³/mol. The van der Waals surface area contributed by atoms with E-state index in [2.05, 4.69) is 11.2 Å². The predicted octanol–water partition coefficient (Wildman–Crippen LogP) is 0.782. The largest absolute Gasteiger partial charge is 0.320 e. The Morgan fingerprint density at radius 3 is 2.94 bits per heavy atom. The van der Waals surface area contributed by atoms with Crippen molar-refractivity contribution >= 4 is 11.7 Å². The van der Waals surface area contributed by atoms with Crippen molar-refractivity contribution in [3.05, 3.63) is 24.0 Å². The molecule has 0 spiro atoms. The van der Waals surface area contributed by atoms with E-state index in [9.17, 15) is 4.79 Å². The molecule has 16 heavy (non-hydrogen) atoms. The van der Waals surface area contributed by atoms with Crippen molar-refractivity contribution in [1.29, 1.82) is 0 Å². The molecule has 3 rings (SSSR count). The van der Waals surface area contributed by atoms with Crippen LogP contribution in [0.1, 0.15) is 5.56 Å². The molecule has 2 bridgehead atoms. The van der Waals surface area contributed by atoms with E-state index in [0.29, 0.717) is 6.54 Å². The second kappa shape index (κ2) is 3.10. The van der Waals surface area contributed by atoms with E-state index in [0.717, 1.165) is 17.8 Å². The van der Waals surface area contributed by atoms with Gasteiger partial charge < -0.3 is 9.80 Å². The number of aryl methyl sites for hydroxylation is 1. The Morgan fingerprint density at radius 1 is 1.50 bits per heavy atom. The molecular formula is C11H14N4O. The van der Waals surface area contributed by atoms with Gasteiger partial charge in [0.1, 0.15) is 0 Å². The lowest BCUT2D eigenvalue weighted by Gasteiger charge is -2.21. The minimum atomic E-state index is 0.111. The van der Waals surface area contributed by atoms with E-state index in [-0.39, 0.29) is 12.1 Å². The molecule has 3 heterocycles. The summed E-state index contributed by atoms with van der Waals surface area (Å²) in [6.07, 6.45) is 5.95. The zero-order valence-electron chi connectivity index (χ0n) is 9.42. The molecule has 1 unspecified atom stereocenters. The van der Waals surface area contributed by atoms with Crippen molar-refractivity contribution in [1.82, 2.24) is 19.6 Å². The van der Waals surface area contributed by atoms with Gasteiger partial charge in [-0.15, -0.1) is 0 Å². The number of hydrogen-bond acceptors (Lipinski definition) is 2.